The van der Waals surface area contributed by atoms with Crippen molar-refractivity contribution >= 4 is 21.9 Å². The highest BCUT2D eigenvalue weighted by Crippen LogP contribution is 2.15. The molecule has 0 aliphatic heterocycles. The molecule has 1 aromatic carbocycles. The first kappa shape index (κ1) is 15.0. The van der Waals surface area contributed by atoms with E-state index in [0.29, 0.717) is 19.6 Å². The van der Waals surface area contributed by atoms with Crippen molar-refractivity contribution in [2.24, 2.45) is 0 Å². The number of esters is 1. The minimum absolute atomic E-state index is 0.185. The van der Waals surface area contributed by atoms with E-state index in [1.807, 2.05) is 36.2 Å². The van der Waals surface area contributed by atoms with E-state index in [1.54, 1.807) is 0 Å². The fourth-order valence-electron chi connectivity index (χ4n) is 1.35. The number of ether oxygens (including phenoxy) is 2. The molecule has 0 amide bonds. The number of carbonyl (C=O) groups is 1. The molecule has 0 bridgehead atoms. The van der Waals surface area contributed by atoms with Gasteiger partial charge < -0.3 is 14.4 Å². The third kappa shape index (κ3) is 6.02. The lowest BCUT2D eigenvalue weighted by molar-refractivity contribution is -0.140. The van der Waals surface area contributed by atoms with E-state index < -0.39 is 0 Å². The smallest absolute Gasteiger partial charge is 0.306 e. The Balaban J connectivity index is 2.17. The number of methoxy groups -OCH3 is 1. The predicted octanol–water partition coefficient (Wildman–Crippen LogP) is 2.32. The van der Waals surface area contributed by atoms with Crippen LogP contribution in [-0.4, -0.2) is 44.7 Å². The first-order valence-electron chi connectivity index (χ1n) is 5.75. The van der Waals surface area contributed by atoms with Crippen LogP contribution < -0.4 is 4.74 Å². The van der Waals surface area contributed by atoms with Crippen molar-refractivity contribution < 1.29 is 14.3 Å². The fraction of sp³-hybridized carbons (Fsp3) is 0.462. The van der Waals surface area contributed by atoms with Crippen molar-refractivity contribution in [3.63, 3.8) is 0 Å². The van der Waals surface area contributed by atoms with Gasteiger partial charge in [-0.25, -0.2) is 0 Å². The zero-order valence-electron chi connectivity index (χ0n) is 10.7. The zero-order valence-corrected chi connectivity index (χ0v) is 12.3. The average Bonchev–Trinajstić information content (AvgIpc) is 2.38. The van der Waals surface area contributed by atoms with Gasteiger partial charge in [-0.05, 0) is 31.3 Å². The summed E-state index contributed by atoms with van der Waals surface area (Å²) in [6, 6.07) is 7.71. The van der Waals surface area contributed by atoms with E-state index in [9.17, 15) is 4.79 Å². The number of likely N-dealkylation sites (N-methyl/N-ethyl adjacent to an activating group) is 1. The number of nitrogens with zero attached hydrogens (tertiary/aromatic N) is 1. The molecule has 0 radical (unpaired) electrons. The molecule has 1 aromatic rings. The van der Waals surface area contributed by atoms with Crippen LogP contribution in [0.15, 0.2) is 28.7 Å². The Bertz CT molecular complexity index is 367. The second-order valence-electron chi connectivity index (χ2n) is 3.93. The Labute approximate surface area is 116 Å². The first-order valence-corrected chi connectivity index (χ1v) is 6.55. The predicted molar refractivity (Wildman–Crippen MR) is 73.8 cm³/mol. The van der Waals surface area contributed by atoms with Crippen LogP contribution in [0.1, 0.15) is 6.42 Å². The Morgan fingerprint density at radius 2 is 1.94 bits per heavy atom. The van der Waals surface area contributed by atoms with Gasteiger partial charge in [0.05, 0.1) is 13.5 Å². The van der Waals surface area contributed by atoms with Gasteiger partial charge in [-0.15, -0.1) is 0 Å². The van der Waals surface area contributed by atoms with Gasteiger partial charge in [0.15, 0.2) is 0 Å². The second-order valence-corrected chi connectivity index (χ2v) is 4.85. The van der Waals surface area contributed by atoms with E-state index in [-0.39, 0.29) is 5.97 Å². The summed E-state index contributed by atoms with van der Waals surface area (Å²) in [6.45, 7) is 2.04. The van der Waals surface area contributed by atoms with E-state index >= 15 is 0 Å². The Hall–Kier alpha value is -1.07. The Kier molecular flexibility index (Phi) is 6.75. The van der Waals surface area contributed by atoms with Gasteiger partial charge in [-0.3, -0.25) is 4.79 Å². The number of carbonyl (C=O) groups excluding carboxylic acids is 1. The van der Waals surface area contributed by atoms with E-state index in [2.05, 4.69) is 20.7 Å². The van der Waals surface area contributed by atoms with Crippen LogP contribution in [0.5, 0.6) is 5.75 Å². The summed E-state index contributed by atoms with van der Waals surface area (Å²) in [5.41, 5.74) is 0. The highest BCUT2D eigenvalue weighted by Gasteiger charge is 2.04. The summed E-state index contributed by atoms with van der Waals surface area (Å²) in [7, 11) is 3.35. The molecule has 0 saturated heterocycles. The number of hydrogen-bond donors (Lipinski definition) is 0. The lowest BCUT2D eigenvalue weighted by Crippen LogP contribution is -2.27. The quantitative estimate of drug-likeness (QED) is 0.724. The Morgan fingerprint density at radius 3 is 2.56 bits per heavy atom. The maximum Gasteiger partial charge on any atom is 0.306 e. The van der Waals surface area contributed by atoms with Crippen molar-refractivity contribution in [1.29, 1.82) is 0 Å². The van der Waals surface area contributed by atoms with Crippen LogP contribution in [0.2, 0.25) is 0 Å². The monoisotopic (exact) mass is 315 g/mol. The summed E-state index contributed by atoms with van der Waals surface area (Å²) < 4.78 is 11.2. The van der Waals surface area contributed by atoms with Crippen LogP contribution in [0, 0.1) is 0 Å². The SMILES string of the molecule is COC(=O)CCN(C)CCOc1ccc(Br)cc1. The summed E-state index contributed by atoms with van der Waals surface area (Å²) in [5, 5.41) is 0. The van der Waals surface area contributed by atoms with Crippen LogP contribution >= 0.6 is 15.9 Å². The fourth-order valence-corrected chi connectivity index (χ4v) is 1.61. The molecule has 5 heteroatoms. The molecule has 0 fully saturated rings. The molecule has 0 aliphatic rings. The molecule has 0 atom stereocenters. The minimum Gasteiger partial charge on any atom is -0.492 e. The topological polar surface area (TPSA) is 38.8 Å². The van der Waals surface area contributed by atoms with Crippen molar-refractivity contribution in [3.05, 3.63) is 28.7 Å². The van der Waals surface area contributed by atoms with E-state index in [1.165, 1.54) is 7.11 Å². The van der Waals surface area contributed by atoms with Gasteiger partial charge >= 0.3 is 5.97 Å². The Morgan fingerprint density at radius 1 is 1.28 bits per heavy atom. The molecule has 0 aliphatic carbocycles. The molecule has 0 spiro atoms. The molecule has 0 N–H and O–H groups in total. The minimum atomic E-state index is -0.185. The van der Waals surface area contributed by atoms with Gasteiger partial charge in [0.2, 0.25) is 0 Å². The highest BCUT2D eigenvalue weighted by molar-refractivity contribution is 9.10. The highest BCUT2D eigenvalue weighted by atomic mass is 79.9. The number of halogens is 1. The lowest BCUT2D eigenvalue weighted by Gasteiger charge is -2.16. The van der Waals surface area contributed by atoms with Crippen LogP contribution in [0.25, 0.3) is 0 Å². The molecule has 0 unspecified atom stereocenters. The number of hydrogen-bond acceptors (Lipinski definition) is 4. The summed E-state index contributed by atoms with van der Waals surface area (Å²) >= 11 is 3.37. The molecule has 4 nitrogen and oxygen atoms in total. The standard InChI is InChI=1S/C13H18BrNO3/c1-15(8-7-13(16)17-2)9-10-18-12-5-3-11(14)4-6-12/h3-6H,7-10H2,1-2H3. The van der Waals surface area contributed by atoms with Gasteiger partial charge in [0.25, 0.3) is 0 Å². The van der Waals surface area contributed by atoms with Gasteiger partial charge in [0.1, 0.15) is 12.4 Å². The summed E-state index contributed by atoms with van der Waals surface area (Å²) in [6.07, 6.45) is 0.408. The summed E-state index contributed by atoms with van der Waals surface area (Å²) in [4.78, 5) is 13.0. The molecule has 0 heterocycles. The molecule has 0 aromatic heterocycles. The maximum atomic E-state index is 11.0. The lowest BCUT2D eigenvalue weighted by atomic mass is 10.3. The normalized spacial score (nSPS) is 10.4. The molecule has 0 saturated carbocycles. The van der Waals surface area contributed by atoms with Gasteiger partial charge in [0, 0.05) is 17.6 Å². The van der Waals surface area contributed by atoms with Crippen molar-refractivity contribution in [2.45, 2.75) is 6.42 Å². The number of rotatable bonds is 7. The van der Waals surface area contributed by atoms with E-state index in [4.69, 9.17) is 4.74 Å². The van der Waals surface area contributed by atoms with Crippen molar-refractivity contribution in [3.8, 4) is 5.75 Å². The largest absolute Gasteiger partial charge is 0.492 e. The summed E-state index contributed by atoms with van der Waals surface area (Å²) in [5.74, 6) is 0.662. The first-order chi connectivity index (χ1) is 8.61. The average molecular weight is 316 g/mol. The zero-order chi connectivity index (χ0) is 13.4. The molecular weight excluding hydrogens is 298 g/mol. The van der Waals surface area contributed by atoms with Crippen molar-refractivity contribution in [2.75, 3.05) is 33.9 Å². The number of benzene rings is 1. The van der Waals surface area contributed by atoms with Gasteiger partial charge in [-0.2, -0.15) is 0 Å². The third-order valence-corrected chi connectivity index (χ3v) is 3.01. The molecule has 18 heavy (non-hydrogen) atoms. The third-order valence-electron chi connectivity index (χ3n) is 2.48. The van der Waals surface area contributed by atoms with Crippen LogP contribution in [0.3, 0.4) is 0 Å². The van der Waals surface area contributed by atoms with Crippen molar-refractivity contribution in [1.82, 2.24) is 4.90 Å². The molecule has 1 rings (SSSR count). The second kappa shape index (κ2) is 8.11. The van der Waals surface area contributed by atoms with Gasteiger partial charge in [-0.1, -0.05) is 15.9 Å². The van der Waals surface area contributed by atoms with E-state index in [0.717, 1.165) is 16.8 Å². The van der Waals surface area contributed by atoms with Crippen LogP contribution in [-0.2, 0) is 9.53 Å². The molecule has 100 valence electrons. The van der Waals surface area contributed by atoms with Crippen LogP contribution in [0.4, 0.5) is 0 Å². The molecular formula is C13H18BrNO3. The maximum absolute atomic E-state index is 11.0.